The molecule has 3 N–H and O–H groups in total. The molecule has 0 radical (unpaired) electrons. The van der Waals surface area contributed by atoms with Crippen molar-refractivity contribution in [1.29, 1.82) is 0 Å². The topological polar surface area (TPSA) is 110 Å². The summed E-state index contributed by atoms with van der Waals surface area (Å²) in [6.45, 7) is 12.0. The van der Waals surface area contributed by atoms with Gasteiger partial charge in [0, 0.05) is 31.3 Å². The van der Waals surface area contributed by atoms with Gasteiger partial charge >= 0.3 is 0 Å². The minimum Gasteiger partial charge on any atom is -0.487 e. The van der Waals surface area contributed by atoms with Crippen molar-refractivity contribution in [2.75, 3.05) is 6.54 Å². The van der Waals surface area contributed by atoms with Crippen LogP contribution in [0.1, 0.15) is 72.4 Å². The van der Waals surface area contributed by atoms with E-state index in [0.717, 1.165) is 0 Å². The Morgan fingerprint density at radius 3 is 2.35 bits per heavy atom. The largest absolute Gasteiger partial charge is 0.487 e. The fraction of sp³-hybridized carbons (Fsp3) is 0.484. The molecule has 8 nitrogen and oxygen atoms in total. The summed E-state index contributed by atoms with van der Waals surface area (Å²) in [5, 5.41) is 3.01. The van der Waals surface area contributed by atoms with Gasteiger partial charge in [0.25, 0.3) is 0 Å². The maximum atomic E-state index is 14.5. The number of nitrogens with zero attached hydrogens (tertiary/aromatic N) is 3. The van der Waals surface area contributed by atoms with E-state index in [-0.39, 0.29) is 35.4 Å². The smallest absolute Gasteiger partial charge is 0.231 e. The van der Waals surface area contributed by atoms with E-state index in [9.17, 15) is 14.0 Å². The summed E-state index contributed by atoms with van der Waals surface area (Å²) < 4.78 is 20.4. The van der Waals surface area contributed by atoms with Crippen molar-refractivity contribution in [2.24, 2.45) is 22.6 Å². The van der Waals surface area contributed by atoms with Gasteiger partial charge in [-0.2, -0.15) is 0 Å². The Balaban J connectivity index is 0.000000482. The van der Waals surface area contributed by atoms with E-state index in [2.05, 4.69) is 28.1 Å². The molecule has 1 fully saturated rings. The van der Waals surface area contributed by atoms with Crippen LogP contribution in [-0.2, 0) is 9.59 Å². The zero-order valence-corrected chi connectivity index (χ0v) is 24.4. The first-order valence-electron chi connectivity index (χ1n) is 13.6. The zero-order valence-electron chi connectivity index (χ0n) is 24.4. The lowest BCUT2D eigenvalue weighted by molar-refractivity contribution is -0.130. The van der Waals surface area contributed by atoms with Gasteiger partial charge in [0.1, 0.15) is 17.2 Å². The Bertz CT molecular complexity index is 1170. The van der Waals surface area contributed by atoms with Crippen LogP contribution in [0, 0.1) is 30.5 Å². The third-order valence-corrected chi connectivity index (χ3v) is 6.58. The van der Waals surface area contributed by atoms with E-state index < -0.39 is 17.2 Å². The fourth-order valence-electron chi connectivity index (χ4n) is 4.80. The first-order chi connectivity index (χ1) is 19.0. The van der Waals surface area contributed by atoms with Gasteiger partial charge in [-0.05, 0) is 64.3 Å². The summed E-state index contributed by atoms with van der Waals surface area (Å²) in [5.74, 6) is -0.0958. The number of guanidine groups is 1. The van der Waals surface area contributed by atoms with E-state index in [1.165, 1.54) is 11.0 Å². The molecule has 1 unspecified atom stereocenters. The number of aliphatic imine (C=N–C) groups is 1. The molecule has 2 aliphatic heterocycles. The first-order valence-corrected chi connectivity index (χ1v) is 13.6. The maximum Gasteiger partial charge on any atom is 0.231 e. The van der Waals surface area contributed by atoms with Gasteiger partial charge in [-0.15, -0.1) is 12.8 Å². The zero-order chi connectivity index (χ0) is 30.1. The van der Waals surface area contributed by atoms with Crippen molar-refractivity contribution in [1.82, 2.24) is 15.2 Å². The second-order valence-corrected chi connectivity index (χ2v) is 10.9. The van der Waals surface area contributed by atoms with Crippen LogP contribution in [0.4, 0.5) is 4.39 Å². The van der Waals surface area contributed by atoms with E-state index in [0.29, 0.717) is 37.1 Å². The van der Waals surface area contributed by atoms with Crippen molar-refractivity contribution in [3.05, 3.63) is 60.2 Å². The molecule has 1 aromatic carbocycles. The summed E-state index contributed by atoms with van der Waals surface area (Å²) >= 11 is 0. The molecule has 216 valence electrons. The molecule has 9 heteroatoms. The van der Waals surface area contributed by atoms with Crippen LogP contribution in [0.5, 0.6) is 5.75 Å². The van der Waals surface area contributed by atoms with Crippen LogP contribution in [0.3, 0.4) is 0 Å². The third kappa shape index (κ3) is 8.54. The van der Waals surface area contributed by atoms with Crippen LogP contribution in [0.25, 0.3) is 0 Å². The predicted molar refractivity (Wildman–Crippen MR) is 156 cm³/mol. The van der Waals surface area contributed by atoms with Crippen molar-refractivity contribution in [3.63, 3.8) is 0 Å². The number of pyridine rings is 1. The summed E-state index contributed by atoms with van der Waals surface area (Å²) in [5.41, 5.74) is 5.38. The summed E-state index contributed by atoms with van der Waals surface area (Å²) in [4.78, 5) is 35.0. The lowest BCUT2D eigenvalue weighted by atomic mass is 9.89. The minimum atomic E-state index is -0.514. The van der Waals surface area contributed by atoms with Crippen LogP contribution in [0.15, 0.2) is 53.8 Å². The van der Waals surface area contributed by atoms with Gasteiger partial charge in [-0.3, -0.25) is 19.5 Å². The van der Waals surface area contributed by atoms with Gasteiger partial charge in [0.2, 0.25) is 11.8 Å². The fourth-order valence-corrected chi connectivity index (χ4v) is 4.80. The number of carbonyl (C=O) groups excluding carboxylic acids is 2. The number of terminal acetylenes is 1. The molecular formula is C31H42FN5O3. The van der Waals surface area contributed by atoms with E-state index >= 15 is 0 Å². The van der Waals surface area contributed by atoms with Gasteiger partial charge in [-0.1, -0.05) is 26.0 Å². The number of fused-ring (bicyclic) bond motifs is 1. The molecule has 2 amide bonds. The van der Waals surface area contributed by atoms with E-state index in [4.69, 9.17) is 10.5 Å². The molecular weight excluding hydrogens is 509 g/mol. The highest BCUT2D eigenvalue weighted by molar-refractivity contribution is 5.99. The number of hydrogen-bond donors (Lipinski definition) is 2. The number of nitrogens with one attached hydrogen (secondary N) is 1. The molecule has 5 rings (SSSR count). The molecule has 3 atom stereocenters. The van der Waals surface area contributed by atoms with Crippen LogP contribution in [0.2, 0.25) is 0 Å². The molecule has 3 heterocycles. The number of ether oxygens (including phenoxy) is 1. The normalized spacial score (nSPS) is 23.0. The van der Waals surface area contributed by atoms with Crippen LogP contribution >= 0.6 is 0 Å². The molecule has 40 heavy (non-hydrogen) atoms. The summed E-state index contributed by atoms with van der Waals surface area (Å²) in [6, 6.07) is 9.97. The Kier molecular flexibility index (Phi) is 11.2. The number of nitrogens with two attached hydrogens (primary N) is 1. The summed E-state index contributed by atoms with van der Waals surface area (Å²) in [6.07, 6.45) is 12.9. The number of halogens is 1. The Hall–Kier alpha value is -3.93. The number of aromatic nitrogens is 1. The van der Waals surface area contributed by atoms with Crippen molar-refractivity contribution in [3.8, 4) is 18.6 Å². The van der Waals surface area contributed by atoms with Crippen molar-refractivity contribution in [2.45, 2.75) is 78.0 Å². The highest BCUT2D eigenvalue weighted by atomic mass is 19.1. The quantitative estimate of drug-likeness (QED) is 0.527. The Morgan fingerprint density at radius 1 is 1.15 bits per heavy atom. The number of amides is 2. The second kappa shape index (κ2) is 13.9. The maximum absolute atomic E-state index is 14.5. The molecule has 3 aliphatic rings. The van der Waals surface area contributed by atoms with Crippen molar-refractivity contribution < 1.29 is 18.7 Å². The summed E-state index contributed by atoms with van der Waals surface area (Å²) in [7, 11) is 0. The number of rotatable bonds is 4. The van der Waals surface area contributed by atoms with Gasteiger partial charge in [-0.25, -0.2) is 9.38 Å². The van der Waals surface area contributed by atoms with Crippen LogP contribution in [-0.4, -0.2) is 45.3 Å². The van der Waals surface area contributed by atoms with Gasteiger partial charge < -0.3 is 15.8 Å². The molecule has 1 saturated carbocycles. The second-order valence-electron chi connectivity index (χ2n) is 10.9. The molecule has 0 spiro atoms. The predicted octanol–water partition coefficient (Wildman–Crippen LogP) is 4.86. The van der Waals surface area contributed by atoms with E-state index in [1.54, 1.807) is 24.5 Å². The Morgan fingerprint density at radius 2 is 1.80 bits per heavy atom. The lowest BCUT2D eigenvalue weighted by Crippen LogP contribution is -2.50. The standard InChI is InChI=1S/C22H29FN4O3.C5H5N.C2H6.C2H2/c1-21(2)10-17(28)27(20(24)26-21)11-12-8-13(12)19(29)25-15-9-22(3,4)30-16-7-5-6-14(23)18(15)16;1-2-4-6-5-3-1;2*1-2/h5-7,12-13,15H,8-11H2,1-4H3,(H2,24,26)(H,25,29);1-5H;1-2H3;1-2H/t12-,13?,15+;;;/m1.../s1. The van der Waals surface area contributed by atoms with Crippen molar-refractivity contribution >= 4 is 17.8 Å². The number of carbonyl (C=O) groups is 2. The lowest BCUT2D eigenvalue weighted by Gasteiger charge is -2.38. The Labute approximate surface area is 237 Å². The van der Waals surface area contributed by atoms with Crippen LogP contribution < -0.4 is 15.8 Å². The molecule has 1 aliphatic carbocycles. The average molecular weight is 552 g/mol. The molecule has 0 saturated heterocycles. The highest BCUT2D eigenvalue weighted by Gasteiger charge is 2.47. The minimum absolute atomic E-state index is 0.0249. The molecule has 1 aromatic heterocycles. The SMILES string of the molecule is C#C.CC.CC1(C)CC(=O)N(C[C@H]2CC2C(=O)N[C@H]2CC(C)(C)Oc3cccc(F)c32)C(N)=N1.c1ccncc1. The van der Waals surface area contributed by atoms with E-state index in [1.807, 2.05) is 59.7 Å². The first kappa shape index (κ1) is 32.3. The third-order valence-electron chi connectivity index (χ3n) is 6.58. The van der Waals surface area contributed by atoms with Gasteiger partial charge in [0.05, 0.1) is 23.6 Å². The number of benzene rings is 1. The monoisotopic (exact) mass is 551 g/mol. The molecule has 2 aromatic rings. The molecule has 0 bridgehead atoms. The number of hydrogen-bond acceptors (Lipinski definition) is 6. The average Bonchev–Trinajstić information content (AvgIpc) is 3.68. The van der Waals surface area contributed by atoms with Gasteiger partial charge in [0.15, 0.2) is 5.96 Å². The highest BCUT2D eigenvalue weighted by Crippen LogP contribution is 2.44.